The number of nitrogens with zero attached hydrogens (tertiary/aromatic N) is 1. The van der Waals surface area contributed by atoms with E-state index < -0.39 is 15.8 Å². The third-order valence-electron chi connectivity index (χ3n) is 2.52. The van der Waals surface area contributed by atoms with Crippen LogP contribution in [0.15, 0.2) is 23.4 Å². The molecular formula is C11H17FN2O3S. The molecule has 1 heterocycles. The van der Waals surface area contributed by atoms with Crippen LogP contribution in [-0.4, -0.2) is 31.7 Å². The zero-order valence-corrected chi connectivity index (χ0v) is 11.2. The lowest BCUT2D eigenvalue weighted by atomic mass is 9.90. The Morgan fingerprint density at radius 1 is 1.44 bits per heavy atom. The first-order valence-corrected chi connectivity index (χ1v) is 6.96. The quantitative estimate of drug-likeness (QED) is 0.809. The molecule has 5 nitrogen and oxygen atoms in total. The fourth-order valence-corrected chi connectivity index (χ4v) is 2.52. The molecule has 102 valence electrons. The highest BCUT2D eigenvalue weighted by atomic mass is 32.2. The highest BCUT2D eigenvalue weighted by Crippen LogP contribution is 2.19. The van der Waals surface area contributed by atoms with Crippen LogP contribution in [0.1, 0.15) is 20.3 Å². The third-order valence-corrected chi connectivity index (χ3v) is 3.89. The summed E-state index contributed by atoms with van der Waals surface area (Å²) in [6.07, 6.45) is 2.50. The maximum Gasteiger partial charge on any atom is 0.242 e. The minimum absolute atomic E-state index is 0.0176. The Morgan fingerprint density at radius 3 is 2.67 bits per heavy atom. The molecule has 0 atom stereocenters. The lowest BCUT2D eigenvalue weighted by Crippen LogP contribution is -2.34. The summed E-state index contributed by atoms with van der Waals surface area (Å²) in [6.45, 7) is 3.80. The van der Waals surface area contributed by atoms with Gasteiger partial charge in [0.05, 0.1) is 6.20 Å². The first-order chi connectivity index (χ1) is 8.27. The average molecular weight is 276 g/mol. The van der Waals surface area contributed by atoms with Gasteiger partial charge in [-0.05, 0) is 17.9 Å². The number of aromatic nitrogens is 1. The lowest BCUT2D eigenvalue weighted by molar-refractivity contribution is 0.213. The van der Waals surface area contributed by atoms with E-state index in [0.29, 0.717) is 6.42 Å². The average Bonchev–Trinajstić information content (AvgIpc) is 2.27. The first-order valence-electron chi connectivity index (χ1n) is 5.48. The molecule has 0 radical (unpaired) electrons. The second-order valence-electron chi connectivity index (χ2n) is 4.80. The maximum absolute atomic E-state index is 12.9. The van der Waals surface area contributed by atoms with Crippen molar-refractivity contribution < 1.29 is 17.9 Å². The van der Waals surface area contributed by atoms with Crippen LogP contribution in [0.4, 0.5) is 4.39 Å². The largest absolute Gasteiger partial charge is 0.396 e. The van der Waals surface area contributed by atoms with Crippen molar-refractivity contribution in [2.75, 3.05) is 13.2 Å². The van der Waals surface area contributed by atoms with Gasteiger partial charge in [0.2, 0.25) is 10.0 Å². The van der Waals surface area contributed by atoms with Gasteiger partial charge in [-0.1, -0.05) is 13.8 Å². The van der Waals surface area contributed by atoms with Gasteiger partial charge >= 0.3 is 0 Å². The molecule has 1 rings (SSSR count). The summed E-state index contributed by atoms with van der Waals surface area (Å²) in [5.74, 6) is -0.701. The van der Waals surface area contributed by atoms with E-state index in [1.165, 1.54) is 0 Å². The van der Waals surface area contributed by atoms with Crippen LogP contribution in [0.3, 0.4) is 0 Å². The molecule has 0 saturated heterocycles. The number of hydrogen-bond donors (Lipinski definition) is 2. The van der Waals surface area contributed by atoms with E-state index in [9.17, 15) is 12.8 Å². The molecule has 1 aromatic rings. The van der Waals surface area contributed by atoms with Gasteiger partial charge in [-0.25, -0.2) is 17.5 Å². The number of pyridine rings is 1. The van der Waals surface area contributed by atoms with E-state index >= 15 is 0 Å². The molecule has 0 unspecified atom stereocenters. The normalized spacial score (nSPS) is 12.7. The molecule has 1 aromatic heterocycles. The molecule has 0 spiro atoms. The van der Waals surface area contributed by atoms with E-state index in [-0.39, 0.29) is 23.5 Å². The molecule has 0 amide bonds. The van der Waals surface area contributed by atoms with E-state index in [1.807, 2.05) is 13.8 Å². The Labute approximate surface area is 106 Å². The third kappa shape index (κ3) is 4.32. The van der Waals surface area contributed by atoms with Crippen LogP contribution in [0.5, 0.6) is 0 Å². The van der Waals surface area contributed by atoms with E-state index in [1.54, 1.807) is 0 Å². The number of nitrogens with one attached hydrogen (secondary N) is 1. The van der Waals surface area contributed by atoms with Crippen molar-refractivity contribution in [2.24, 2.45) is 5.41 Å². The lowest BCUT2D eigenvalue weighted by Gasteiger charge is -2.23. The molecule has 0 saturated carbocycles. The van der Waals surface area contributed by atoms with Crippen molar-refractivity contribution >= 4 is 10.0 Å². The molecule has 18 heavy (non-hydrogen) atoms. The molecular weight excluding hydrogens is 259 g/mol. The summed E-state index contributed by atoms with van der Waals surface area (Å²) in [5.41, 5.74) is -0.372. The van der Waals surface area contributed by atoms with Gasteiger partial charge < -0.3 is 5.11 Å². The minimum Gasteiger partial charge on any atom is -0.396 e. The monoisotopic (exact) mass is 276 g/mol. The second-order valence-corrected chi connectivity index (χ2v) is 6.57. The van der Waals surface area contributed by atoms with Gasteiger partial charge in [-0.3, -0.25) is 4.98 Å². The highest BCUT2D eigenvalue weighted by Gasteiger charge is 2.22. The fraction of sp³-hybridized carbons (Fsp3) is 0.545. The smallest absolute Gasteiger partial charge is 0.242 e. The van der Waals surface area contributed by atoms with Crippen LogP contribution < -0.4 is 4.72 Å². The zero-order valence-electron chi connectivity index (χ0n) is 10.4. The summed E-state index contributed by atoms with van der Waals surface area (Å²) >= 11 is 0. The summed E-state index contributed by atoms with van der Waals surface area (Å²) < 4.78 is 39.0. The minimum atomic E-state index is -3.77. The number of halogens is 1. The van der Waals surface area contributed by atoms with Crippen LogP contribution in [0, 0.1) is 11.2 Å². The van der Waals surface area contributed by atoms with Crippen molar-refractivity contribution in [3.63, 3.8) is 0 Å². The molecule has 7 heteroatoms. The number of rotatable bonds is 6. The number of aliphatic hydroxyl groups is 1. The Hall–Kier alpha value is -1.05. The predicted molar refractivity (Wildman–Crippen MR) is 64.9 cm³/mol. The van der Waals surface area contributed by atoms with E-state index in [2.05, 4.69) is 9.71 Å². The van der Waals surface area contributed by atoms with Crippen molar-refractivity contribution in [2.45, 2.75) is 25.2 Å². The van der Waals surface area contributed by atoms with Gasteiger partial charge in [0.15, 0.2) is 0 Å². The van der Waals surface area contributed by atoms with Crippen molar-refractivity contribution in [3.8, 4) is 0 Å². The van der Waals surface area contributed by atoms with Crippen molar-refractivity contribution in [1.29, 1.82) is 0 Å². The van der Waals surface area contributed by atoms with Gasteiger partial charge in [0.1, 0.15) is 10.7 Å². The Balaban J connectivity index is 2.78. The fourth-order valence-electron chi connectivity index (χ4n) is 1.30. The predicted octanol–water partition coefficient (Wildman–Crippen LogP) is 0.908. The summed E-state index contributed by atoms with van der Waals surface area (Å²) in [5, 5.41) is 8.85. The number of sulfonamides is 1. The standard InChI is InChI=1S/C11H17FN2O3S/c1-11(2,3-4-15)8-14-18(16,17)10-5-9(12)6-13-7-10/h5-7,14-15H,3-4,8H2,1-2H3. The maximum atomic E-state index is 12.9. The molecule has 0 aromatic carbocycles. The van der Waals surface area contributed by atoms with E-state index in [4.69, 9.17) is 5.11 Å². The molecule has 2 N–H and O–H groups in total. The van der Waals surface area contributed by atoms with Crippen LogP contribution in [0.2, 0.25) is 0 Å². The number of aliphatic hydroxyl groups excluding tert-OH is 1. The number of hydrogen-bond acceptors (Lipinski definition) is 4. The first kappa shape index (κ1) is 15.0. The zero-order chi connectivity index (χ0) is 13.8. The van der Waals surface area contributed by atoms with Crippen LogP contribution in [0.25, 0.3) is 0 Å². The van der Waals surface area contributed by atoms with Crippen molar-refractivity contribution in [3.05, 3.63) is 24.3 Å². The summed E-state index contributed by atoms with van der Waals surface area (Å²) in [6, 6.07) is 0.911. The molecule has 0 bridgehead atoms. The second kappa shape index (κ2) is 5.73. The van der Waals surface area contributed by atoms with Gasteiger partial charge in [-0.2, -0.15) is 0 Å². The van der Waals surface area contributed by atoms with Gasteiger partial charge in [-0.15, -0.1) is 0 Å². The molecule has 0 aliphatic rings. The SMILES string of the molecule is CC(C)(CCO)CNS(=O)(=O)c1cncc(F)c1. The summed E-state index contributed by atoms with van der Waals surface area (Å²) in [7, 11) is -3.77. The molecule has 0 aliphatic carbocycles. The molecule has 0 aliphatic heterocycles. The van der Waals surface area contributed by atoms with Crippen LogP contribution >= 0.6 is 0 Å². The van der Waals surface area contributed by atoms with Gasteiger partial charge in [0, 0.05) is 19.3 Å². The Morgan fingerprint density at radius 2 is 2.11 bits per heavy atom. The van der Waals surface area contributed by atoms with Crippen LogP contribution in [-0.2, 0) is 10.0 Å². The highest BCUT2D eigenvalue weighted by molar-refractivity contribution is 7.89. The van der Waals surface area contributed by atoms with Gasteiger partial charge in [0.25, 0.3) is 0 Å². The summed E-state index contributed by atoms with van der Waals surface area (Å²) in [4.78, 5) is 3.29. The molecule has 0 fully saturated rings. The Kier molecular flexibility index (Phi) is 4.78. The van der Waals surface area contributed by atoms with E-state index in [0.717, 1.165) is 18.5 Å². The topological polar surface area (TPSA) is 79.3 Å². The Bertz CT molecular complexity index is 503. The van der Waals surface area contributed by atoms with Crippen molar-refractivity contribution in [1.82, 2.24) is 9.71 Å².